The second-order valence-corrected chi connectivity index (χ2v) is 10.8. The number of hydrogen-bond acceptors (Lipinski definition) is 4. The normalized spacial score (nSPS) is 28.5. The highest BCUT2D eigenvalue weighted by molar-refractivity contribution is 5.97. The van der Waals surface area contributed by atoms with E-state index in [1.54, 1.807) is 0 Å². The van der Waals surface area contributed by atoms with Crippen molar-refractivity contribution in [3.63, 3.8) is 0 Å². The number of imidazole rings is 1. The number of H-pyrrole nitrogens is 1. The molecule has 1 N–H and O–H groups in total. The van der Waals surface area contributed by atoms with E-state index in [4.69, 9.17) is 14.5 Å². The van der Waals surface area contributed by atoms with Gasteiger partial charge in [-0.25, -0.2) is 4.98 Å². The van der Waals surface area contributed by atoms with E-state index in [2.05, 4.69) is 57.0 Å². The number of nitrogens with one attached hydrogen (secondary N) is 1. The number of aromatic amines is 1. The highest BCUT2D eigenvalue weighted by atomic mass is 16.7. The Hall–Kier alpha value is -3.02. The smallest absolute Gasteiger partial charge is 0.210 e. The first-order valence-electron chi connectivity index (χ1n) is 13.0. The van der Waals surface area contributed by atoms with E-state index in [0.717, 1.165) is 47.3 Å². The average Bonchev–Trinajstić information content (AvgIpc) is 3.23. The van der Waals surface area contributed by atoms with Gasteiger partial charge >= 0.3 is 0 Å². The summed E-state index contributed by atoms with van der Waals surface area (Å²) < 4.78 is 13.4. The predicted octanol–water partition coefficient (Wildman–Crippen LogP) is 7.00. The van der Waals surface area contributed by atoms with Crippen molar-refractivity contribution in [3.8, 4) is 0 Å². The Labute approximate surface area is 213 Å². The number of allylic oxidation sites excluding steroid dienone is 4. The predicted molar refractivity (Wildman–Crippen MR) is 144 cm³/mol. The lowest BCUT2D eigenvalue weighted by atomic mass is 9.78. The number of benzene rings is 1. The Morgan fingerprint density at radius 3 is 2.72 bits per heavy atom. The number of hydrogen-bond donors (Lipinski definition) is 1. The van der Waals surface area contributed by atoms with Gasteiger partial charge in [0, 0.05) is 17.9 Å². The number of carbonyl (C=O) groups excluding carboxylic acids is 1. The summed E-state index contributed by atoms with van der Waals surface area (Å²) in [5.74, 6) is -0.177. The number of nitrogens with zero attached hydrogens (tertiary/aromatic N) is 1. The molecule has 0 bridgehead atoms. The van der Waals surface area contributed by atoms with Crippen LogP contribution in [0.1, 0.15) is 66.1 Å². The molecule has 3 aliphatic rings. The maximum Gasteiger partial charge on any atom is 0.210 e. The molecule has 5 nitrogen and oxygen atoms in total. The molecular weight excluding hydrogens is 448 g/mol. The lowest BCUT2D eigenvalue weighted by Crippen LogP contribution is -2.48. The summed E-state index contributed by atoms with van der Waals surface area (Å²) in [6, 6.07) is 8.00. The van der Waals surface area contributed by atoms with Gasteiger partial charge in [0.2, 0.25) is 5.79 Å². The number of aromatic nitrogens is 2. The third-order valence-electron chi connectivity index (χ3n) is 7.26. The van der Waals surface area contributed by atoms with E-state index in [9.17, 15) is 4.79 Å². The van der Waals surface area contributed by atoms with Crippen LogP contribution in [-0.2, 0) is 14.3 Å². The fourth-order valence-electron chi connectivity index (χ4n) is 5.49. The second kappa shape index (κ2) is 9.79. The van der Waals surface area contributed by atoms with E-state index in [0.29, 0.717) is 6.42 Å². The van der Waals surface area contributed by atoms with E-state index in [1.165, 1.54) is 16.7 Å². The molecule has 4 atom stereocenters. The number of Topliss-reactive ketones (excluding diaryl/α,β-unsaturated/α-hetero) is 1. The van der Waals surface area contributed by atoms with Crippen LogP contribution in [0.4, 0.5) is 0 Å². The minimum Gasteiger partial charge on any atom is -0.338 e. The molecule has 36 heavy (non-hydrogen) atoms. The number of fused-ring (bicyclic) bond motifs is 2. The summed E-state index contributed by atoms with van der Waals surface area (Å²) in [6.07, 6.45) is 13.6. The first-order valence-corrected chi connectivity index (χ1v) is 13.0. The number of ketones is 1. The maximum absolute atomic E-state index is 12.7. The van der Waals surface area contributed by atoms with Crippen LogP contribution in [0.25, 0.3) is 16.6 Å². The van der Waals surface area contributed by atoms with Crippen molar-refractivity contribution in [2.45, 2.75) is 78.3 Å². The zero-order valence-electron chi connectivity index (χ0n) is 21.9. The monoisotopic (exact) mass is 484 g/mol. The lowest BCUT2D eigenvalue weighted by Gasteiger charge is -2.45. The minimum absolute atomic E-state index is 0.0817. The summed E-state index contributed by atoms with van der Waals surface area (Å²) in [4.78, 5) is 21.0. The van der Waals surface area contributed by atoms with Crippen molar-refractivity contribution in [3.05, 3.63) is 82.8 Å². The third kappa shape index (κ3) is 5.09. The van der Waals surface area contributed by atoms with Crippen molar-refractivity contribution >= 4 is 22.4 Å². The van der Waals surface area contributed by atoms with E-state index in [1.807, 2.05) is 37.3 Å². The van der Waals surface area contributed by atoms with Crippen molar-refractivity contribution in [2.24, 2.45) is 5.92 Å². The molecule has 0 radical (unpaired) electrons. The van der Waals surface area contributed by atoms with Crippen LogP contribution in [0, 0.1) is 5.92 Å². The van der Waals surface area contributed by atoms with Crippen LogP contribution in [-0.4, -0.2) is 33.7 Å². The lowest BCUT2D eigenvalue weighted by molar-refractivity contribution is -0.220. The van der Waals surface area contributed by atoms with Crippen molar-refractivity contribution in [1.29, 1.82) is 0 Å². The number of ether oxygens (including phenoxy) is 2. The van der Waals surface area contributed by atoms with Crippen molar-refractivity contribution in [2.75, 3.05) is 0 Å². The van der Waals surface area contributed by atoms with Gasteiger partial charge in [0.05, 0.1) is 23.2 Å². The van der Waals surface area contributed by atoms with Crippen LogP contribution >= 0.6 is 0 Å². The fourth-order valence-corrected chi connectivity index (χ4v) is 5.49. The molecule has 0 unspecified atom stereocenters. The SMILES string of the molecule is CC(C)=CCC/C(C)=C/[C@@H]1CC(C)=C[C@]2(C=C(c3nc4ccccc4[nH]3)[C@H]3CC(=O)C(C)=C[C@H]3O2)O1. The average molecular weight is 485 g/mol. The van der Waals surface area contributed by atoms with Gasteiger partial charge in [-0.05, 0) is 89.8 Å². The molecule has 5 heteroatoms. The first kappa shape index (κ1) is 24.7. The van der Waals surface area contributed by atoms with Gasteiger partial charge in [0.15, 0.2) is 5.78 Å². The number of carbonyl (C=O) groups is 1. The van der Waals surface area contributed by atoms with Gasteiger partial charge < -0.3 is 14.5 Å². The standard InChI is InChI=1S/C31H36N2O3/c1-19(2)9-8-10-20(3)13-23-14-21(4)17-31(35-23)18-25(24-16-28(34)22(5)15-29(24)36-31)30-32-26-11-6-7-12-27(26)33-30/h6-7,9,11-13,15,17-18,23-24,29H,8,10,14,16H2,1-5H3,(H,32,33)/b20-13+/t23-,24-,29-,31+/m1/s1. The number of rotatable bonds is 5. The molecule has 0 fully saturated rings. The van der Waals surface area contributed by atoms with Crippen LogP contribution in [0.15, 0.2) is 76.9 Å². The molecule has 188 valence electrons. The molecule has 0 saturated heterocycles. The second-order valence-electron chi connectivity index (χ2n) is 10.8. The highest BCUT2D eigenvalue weighted by Gasteiger charge is 2.46. The maximum atomic E-state index is 12.7. The Kier molecular flexibility index (Phi) is 6.71. The minimum atomic E-state index is -1.00. The van der Waals surface area contributed by atoms with Crippen LogP contribution in [0.3, 0.4) is 0 Å². The molecule has 1 spiro atoms. The molecule has 5 rings (SSSR count). The van der Waals surface area contributed by atoms with Crippen molar-refractivity contribution < 1.29 is 14.3 Å². The number of para-hydroxylation sites is 2. The highest BCUT2D eigenvalue weighted by Crippen LogP contribution is 2.45. The molecule has 2 aliphatic heterocycles. The summed E-state index contributed by atoms with van der Waals surface area (Å²) in [5, 5.41) is 0. The molecule has 0 saturated carbocycles. The van der Waals surface area contributed by atoms with Gasteiger partial charge in [-0.3, -0.25) is 4.79 Å². The van der Waals surface area contributed by atoms with Crippen LogP contribution in [0.2, 0.25) is 0 Å². The van der Waals surface area contributed by atoms with Crippen molar-refractivity contribution in [1.82, 2.24) is 9.97 Å². The van der Waals surface area contributed by atoms with Crippen LogP contribution < -0.4 is 0 Å². The Morgan fingerprint density at radius 2 is 1.94 bits per heavy atom. The molecule has 3 heterocycles. The molecule has 0 amide bonds. The molecule has 1 aromatic carbocycles. The Morgan fingerprint density at radius 1 is 1.14 bits per heavy atom. The van der Waals surface area contributed by atoms with Gasteiger partial charge in [-0.1, -0.05) is 41.0 Å². The molecular formula is C31H36N2O3. The van der Waals surface area contributed by atoms with Gasteiger partial charge in [-0.15, -0.1) is 0 Å². The third-order valence-corrected chi connectivity index (χ3v) is 7.26. The van der Waals surface area contributed by atoms with Gasteiger partial charge in [-0.2, -0.15) is 0 Å². The summed E-state index contributed by atoms with van der Waals surface area (Å²) in [5.41, 5.74) is 7.50. The first-order chi connectivity index (χ1) is 17.2. The molecule has 2 aromatic rings. The Bertz CT molecular complexity index is 1300. The van der Waals surface area contributed by atoms with E-state index in [-0.39, 0.29) is 23.9 Å². The van der Waals surface area contributed by atoms with Gasteiger partial charge in [0.25, 0.3) is 0 Å². The largest absolute Gasteiger partial charge is 0.338 e. The van der Waals surface area contributed by atoms with Crippen LogP contribution in [0.5, 0.6) is 0 Å². The van der Waals surface area contributed by atoms with Gasteiger partial charge in [0.1, 0.15) is 5.82 Å². The fraction of sp³-hybridized carbons (Fsp3) is 0.419. The Balaban J connectivity index is 1.53. The molecule has 1 aromatic heterocycles. The van der Waals surface area contributed by atoms with E-state index < -0.39 is 5.79 Å². The quantitative estimate of drug-likeness (QED) is 0.464. The topological polar surface area (TPSA) is 64.2 Å². The zero-order valence-corrected chi connectivity index (χ0v) is 21.9. The zero-order chi connectivity index (χ0) is 25.4. The molecule has 1 aliphatic carbocycles. The summed E-state index contributed by atoms with van der Waals surface area (Å²) >= 11 is 0. The summed E-state index contributed by atoms with van der Waals surface area (Å²) in [7, 11) is 0. The summed E-state index contributed by atoms with van der Waals surface area (Å²) in [6.45, 7) is 10.5. The van der Waals surface area contributed by atoms with E-state index >= 15 is 0 Å².